The molecular weight excluding hydrogens is 160 g/mol. The Balaban J connectivity index is 2.32. The van der Waals surface area contributed by atoms with E-state index in [0.717, 1.165) is 6.42 Å². The van der Waals surface area contributed by atoms with Gasteiger partial charge in [0.05, 0.1) is 6.33 Å². The normalized spacial score (nSPS) is 23.2. The Morgan fingerprint density at radius 1 is 1.73 bits per heavy atom. The number of aryl methyl sites for hydroxylation is 1. The molecule has 0 aromatic carbocycles. The monoisotopic (exact) mass is 170 g/mol. The Bertz CT molecular complexity index is 244. The van der Waals surface area contributed by atoms with E-state index in [-0.39, 0.29) is 0 Å². The van der Waals surface area contributed by atoms with Crippen LogP contribution in [0.5, 0.6) is 0 Å². The molecule has 60 valence electrons. The number of aromatic nitrogens is 2. The van der Waals surface area contributed by atoms with E-state index in [1.54, 1.807) is 0 Å². The molecule has 1 aromatic heterocycles. The van der Waals surface area contributed by atoms with Crippen molar-refractivity contribution < 1.29 is 0 Å². The first-order chi connectivity index (χ1) is 5.42. The van der Waals surface area contributed by atoms with Crippen LogP contribution in [0.1, 0.15) is 24.6 Å². The van der Waals surface area contributed by atoms with Crippen molar-refractivity contribution in [3.8, 4) is 0 Å². The molecule has 1 aliphatic heterocycles. The lowest BCUT2D eigenvalue weighted by molar-refractivity contribution is 0.436. The molecule has 1 aliphatic rings. The molecule has 0 saturated carbocycles. The van der Waals surface area contributed by atoms with Crippen molar-refractivity contribution in [3.05, 3.63) is 18.2 Å². The number of hydrogen-bond acceptors (Lipinski definition) is 1. The maximum Gasteiger partial charge on any atom is 0.0951 e. The minimum Gasteiger partial charge on any atom is -0.330 e. The average Bonchev–Trinajstić information content (AvgIpc) is 2.50. The first-order valence-electron chi connectivity index (χ1n) is 3.98. The van der Waals surface area contributed by atoms with Crippen LogP contribution in [0.4, 0.5) is 0 Å². The lowest BCUT2D eigenvalue weighted by Crippen LogP contribution is -2.17. The molecule has 3 heteroatoms. The second-order valence-electron chi connectivity index (χ2n) is 2.99. The summed E-state index contributed by atoms with van der Waals surface area (Å²) >= 11 is 5.82. The molecule has 0 aliphatic carbocycles. The average molecular weight is 171 g/mol. The van der Waals surface area contributed by atoms with Crippen LogP contribution in [-0.2, 0) is 6.42 Å². The van der Waals surface area contributed by atoms with Gasteiger partial charge in [-0.05, 0) is 19.3 Å². The van der Waals surface area contributed by atoms with Crippen molar-refractivity contribution in [2.75, 3.05) is 5.88 Å². The quantitative estimate of drug-likeness (QED) is 0.590. The fraction of sp³-hybridized carbons (Fsp3) is 0.625. The van der Waals surface area contributed by atoms with E-state index in [9.17, 15) is 0 Å². The van der Waals surface area contributed by atoms with Gasteiger partial charge in [-0.1, -0.05) is 0 Å². The number of nitrogens with zero attached hydrogens (tertiary/aromatic N) is 2. The smallest absolute Gasteiger partial charge is 0.0951 e. The molecule has 0 amide bonds. The minimum absolute atomic E-state index is 0.489. The van der Waals surface area contributed by atoms with Crippen LogP contribution in [0.2, 0.25) is 0 Å². The van der Waals surface area contributed by atoms with E-state index in [1.165, 1.54) is 18.5 Å². The zero-order valence-electron chi connectivity index (χ0n) is 6.33. The summed E-state index contributed by atoms with van der Waals surface area (Å²) in [5, 5.41) is 0. The topological polar surface area (TPSA) is 17.8 Å². The Labute approximate surface area is 71.2 Å². The highest BCUT2D eigenvalue weighted by atomic mass is 35.5. The van der Waals surface area contributed by atoms with E-state index in [0.29, 0.717) is 11.9 Å². The number of halogens is 1. The van der Waals surface area contributed by atoms with Gasteiger partial charge in [-0.15, -0.1) is 11.6 Å². The Kier molecular flexibility index (Phi) is 1.86. The van der Waals surface area contributed by atoms with Crippen LogP contribution in [0.25, 0.3) is 0 Å². The van der Waals surface area contributed by atoms with Gasteiger partial charge in [-0.2, -0.15) is 0 Å². The fourth-order valence-corrected chi connectivity index (χ4v) is 1.97. The summed E-state index contributed by atoms with van der Waals surface area (Å²) in [5.41, 5.74) is 1.34. The van der Waals surface area contributed by atoms with Gasteiger partial charge in [0.1, 0.15) is 0 Å². The van der Waals surface area contributed by atoms with Crippen LogP contribution in [0, 0.1) is 0 Å². The summed E-state index contributed by atoms with van der Waals surface area (Å²) in [4.78, 5) is 4.11. The molecule has 2 rings (SSSR count). The molecule has 2 nitrogen and oxygen atoms in total. The SMILES string of the molecule is ClCC1CCCc2cncn21. The molecule has 0 saturated heterocycles. The standard InChI is InChI=1S/C8H11ClN2/c9-4-7-2-1-3-8-5-10-6-11(7)8/h5-7H,1-4H2. The third-order valence-corrected chi connectivity index (χ3v) is 2.64. The molecular formula is C8H11ClN2. The Morgan fingerprint density at radius 2 is 2.64 bits per heavy atom. The fourth-order valence-electron chi connectivity index (χ4n) is 1.66. The summed E-state index contributed by atoms with van der Waals surface area (Å²) in [6.45, 7) is 0. The van der Waals surface area contributed by atoms with Gasteiger partial charge in [-0.25, -0.2) is 4.98 Å². The van der Waals surface area contributed by atoms with Crippen molar-refractivity contribution in [1.82, 2.24) is 9.55 Å². The highest BCUT2D eigenvalue weighted by molar-refractivity contribution is 6.18. The van der Waals surface area contributed by atoms with Gasteiger partial charge >= 0.3 is 0 Å². The second kappa shape index (κ2) is 2.86. The molecule has 0 radical (unpaired) electrons. The predicted molar refractivity (Wildman–Crippen MR) is 44.9 cm³/mol. The molecule has 0 bridgehead atoms. The van der Waals surface area contributed by atoms with Crippen molar-refractivity contribution >= 4 is 11.6 Å². The van der Waals surface area contributed by atoms with E-state index in [1.807, 2.05) is 12.5 Å². The molecule has 0 N–H and O–H groups in total. The lowest BCUT2D eigenvalue weighted by atomic mass is 10.0. The third kappa shape index (κ3) is 1.16. The second-order valence-corrected chi connectivity index (χ2v) is 3.30. The van der Waals surface area contributed by atoms with Crippen LogP contribution >= 0.6 is 11.6 Å². The van der Waals surface area contributed by atoms with Crippen LogP contribution in [-0.4, -0.2) is 15.4 Å². The van der Waals surface area contributed by atoms with Gasteiger partial charge in [0.25, 0.3) is 0 Å². The summed E-state index contributed by atoms with van der Waals surface area (Å²) in [7, 11) is 0. The summed E-state index contributed by atoms with van der Waals surface area (Å²) < 4.78 is 2.20. The number of imidazole rings is 1. The Hall–Kier alpha value is -0.500. The van der Waals surface area contributed by atoms with E-state index >= 15 is 0 Å². The van der Waals surface area contributed by atoms with Gasteiger partial charge in [0, 0.05) is 23.8 Å². The number of rotatable bonds is 1. The molecule has 0 fully saturated rings. The third-order valence-electron chi connectivity index (χ3n) is 2.29. The van der Waals surface area contributed by atoms with Gasteiger partial charge in [0.2, 0.25) is 0 Å². The highest BCUT2D eigenvalue weighted by Crippen LogP contribution is 2.24. The van der Waals surface area contributed by atoms with Gasteiger partial charge in [-0.3, -0.25) is 0 Å². The van der Waals surface area contributed by atoms with Crippen LogP contribution in [0.3, 0.4) is 0 Å². The largest absolute Gasteiger partial charge is 0.330 e. The first-order valence-corrected chi connectivity index (χ1v) is 4.52. The van der Waals surface area contributed by atoms with Crippen molar-refractivity contribution in [1.29, 1.82) is 0 Å². The van der Waals surface area contributed by atoms with E-state index in [2.05, 4.69) is 9.55 Å². The number of fused-ring (bicyclic) bond motifs is 1. The number of alkyl halides is 1. The van der Waals surface area contributed by atoms with Crippen molar-refractivity contribution in [2.24, 2.45) is 0 Å². The van der Waals surface area contributed by atoms with E-state index < -0.39 is 0 Å². The van der Waals surface area contributed by atoms with Crippen LogP contribution < -0.4 is 0 Å². The molecule has 1 atom stereocenters. The van der Waals surface area contributed by atoms with Crippen molar-refractivity contribution in [3.63, 3.8) is 0 Å². The predicted octanol–water partition coefficient (Wildman–Crippen LogP) is 2.00. The van der Waals surface area contributed by atoms with Crippen LogP contribution in [0.15, 0.2) is 12.5 Å². The zero-order chi connectivity index (χ0) is 7.68. The lowest BCUT2D eigenvalue weighted by Gasteiger charge is -2.23. The molecule has 1 unspecified atom stereocenters. The highest BCUT2D eigenvalue weighted by Gasteiger charge is 2.17. The summed E-state index contributed by atoms with van der Waals surface area (Å²) in [5.74, 6) is 0.712. The molecule has 1 aromatic rings. The molecule has 0 spiro atoms. The van der Waals surface area contributed by atoms with Gasteiger partial charge in [0.15, 0.2) is 0 Å². The van der Waals surface area contributed by atoms with Gasteiger partial charge < -0.3 is 4.57 Å². The summed E-state index contributed by atoms with van der Waals surface area (Å²) in [6.07, 6.45) is 7.45. The maximum atomic E-state index is 5.82. The number of hydrogen-bond donors (Lipinski definition) is 0. The molecule has 11 heavy (non-hydrogen) atoms. The summed E-state index contributed by atoms with van der Waals surface area (Å²) in [6, 6.07) is 0.489. The van der Waals surface area contributed by atoms with E-state index in [4.69, 9.17) is 11.6 Å². The van der Waals surface area contributed by atoms with Crippen molar-refractivity contribution in [2.45, 2.75) is 25.3 Å². The molecule has 2 heterocycles. The maximum absolute atomic E-state index is 5.82. The Morgan fingerprint density at radius 3 is 3.45 bits per heavy atom. The minimum atomic E-state index is 0.489. The zero-order valence-corrected chi connectivity index (χ0v) is 7.09. The first kappa shape index (κ1) is 7.17.